The van der Waals surface area contributed by atoms with Crippen LogP contribution in [0.1, 0.15) is 26.3 Å². The summed E-state index contributed by atoms with van der Waals surface area (Å²) in [5.74, 6) is -1.88. The molecule has 0 heterocycles. The van der Waals surface area contributed by atoms with Gasteiger partial charge in [0.1, 0.15) is 5.82 Å². The lowest BCUT2D eigenvalue weighted by molar-refractivity contribution is 0.101. The lowest BCUT2D eigenvalue weighted by Crippen LogP contribution is -2.09. The number of aldehydes is 1. The summed E-state index contributed by atoms with van der Waals surface area (Å²) >= 11 is 5.30. The van der Waals surface area contributed by atoms with Crippen LogP contribution in [0.15, 0.2) is 12.1 Å². The van der Waals surface area contributed by atoms with Crippen molar-refractivity contribution in [2.24, 2.45) is 0 Å². The van der Waals surface area contributed by atoms with Gasteiger partial charge in [0.25, 0.3) is 0 Å². The van der Waals surface area contributed by atoms with Crippen LogP contribution >= 0.6 is 11.6 Å². The summed E-state index contributed by atoms with van der Waals surface area (Å²) in [5, 5.41) is 8.69. The van der Waals surface area contributed by atoms with Gasteiger partial charge >= 0.3 is 0 Å². The van der Waals surface area contributed by atoms with Gasteiger partial charge in [-0.25, -0.2) is 4.39 Å². The zero-order valence-electron chi connectivity index (χ0n) is 7.46. The van der Waals surface area contributed by atoms with E-state index in [0.717, 1.165) is 12.1 Å². The Kier molecular flexibility index (Phi) is 3.53. The van der Waals surface area contributed by atoms with Crippen molar-refractivity contribution < 1.29 is 14.0 Å². The summed E-state index contributed by atoms with van der Waals surface area (Å²) < 4.78 is 13.1. The maximum absolute atomic E-state index is 13.1. The molecular formula is C10H5ClFNO2. The number of benzene rings is 1. The summed E-state index contributed by atoms with van der Waals surface area (Å²) in [6.07, 6.45) is 0.204. The molecular weight excluding hydrogens is 221 g/mol. The van der Waals surface area contributed by atoms with Crippen molar-refractivity contribution in [3.63, 3.8) is 0 Å². The maximum Gasteiger partial charge on any atom is 0.179 e. The second kappa shape index (κ2) is 4.67. The van der Waals surface area contributed by atoms with E-state index in [2.05, 4.69) is 0 Å². The van der Waals surface area contributed by atoms with Crippen LogP contribution in [0.3, 0.4) is 0 Å². The van der Waals surface area contributed by atoms with Crippen molar-refractivity contribution in [3.05, 3.63) is 34.6 Å². The van der Waals surface area contributed by atoms with E-state index in [0.29, 0.717) is 0 Å². The molecule has 3 nitrogen and oxygen atoms in total. The molecule has 0 saturated carbocycles. The van der Waals surface area contributed by atoms with Crippen LogP contribution in [-0.2, 0) is 0 Å². The summed E-state index contributed by atoms with van der Waals surface area (Å²) in [6.45, 7) is 0. The highest BCUT2D eigenvalue weighted by Crippen LogP contribution is 2.17. The Morgan fingerprint density at radius 2 is 2.27 bits per heavy atom. The fourth-order valence-electron chi connectivity index (χ4n) is 1.17. The monoisotopic (exact) mass is 225 g/mol. The molecule has 0 aliphatic heterocycles. The highest BCUT2D eigenvalue weighted by atomic mass is 35.5. The first kappa shape index (κ1) is 11.3. The number of nitrogens with zero attached hydrogens (tertiary/aromatic N) is 1. The first-order chi connectivity index (χ1) is 7.15. The van der Waals surface area contributed by atoms with E-state index in [1.807, 2.05) is 0 Å². The topological polar surface area (TPSA) is 57.9 Å². The molecule has 0 N–H and O–H groups in total. The predicted molar refractivity (Wildman–Crippen MR) is 51.6 cm³/mol. The molecule has 0 saturated heterocycles. The molecule has 0 atom stereocenters. The van der Waals surface area contributed by atoms with Crippen LogP contribution in [0, 0.1) is 17.1 Å². The van der Waals surface area contributed by atoms with Crippen molar-refractivity contribution in [1.82, 2.24) is 0 Å². The highest BCUT2D eigenvalue weighted by Gasteiger charge is 2.18. The van der Waals surface area contributed by atoms with Crippen LogP contribution in [0.4, 0.5) is 4.39 Å². The Morgan fingerprint density at radius 1 is 1.60 bits per heavy atom. The first-order valence-corrected chi connectivity index (χ1v) is 4.46. The van der Waals surface area contributed by atoms with E-state index in [1.54, 1.807) is 6.07 Å². The number of Topliss-reactive ketones (excluding diaryl/α,β-unsaturated/α-hetero) is 1. The van der Waals surface area contributed by atoms with E-state index in [-0.39, 0.29) is 17.4 Å². The third-order valence-electron chi connectivity index (χ3n) is 1.83. The number of carbonyl (C=O) groups is 2. The van der Waals surface area contributed by atoms with Gasteiger partial charge in [0.05, 0.1) is 28.6 Å². The van der Waals surface area contributed by atoms with Gasteiger partial charge in [-0.15, -0.1) is 11.6 Å². The quantitative estimate of drug-likeness (QED) is 0.449. The second-order valence-electron chi connectivity index (χ2n) is 2.67. The van der Waals surface area contributed by atoms with E-state index in [4.69, 9.17) is 16.9 Å². The number of alkyl halides is 1. The maximum atomic E-state index is 13.1. The molecule has 0 aromatic heterocycles. The number of nitriles is 1. The number of halogens is 2. The zero-order valence-corrected chi connectivity index (χ0v) is 8.21. The summed E-state index contributed by atoms with van der Waals surface area (Å²) in [6, 6.07) is 3.81. The third-order valence-corrected chi connectivity index (χ3v) is 2.07. The minimum absolute atomic E-state index is 0.0517. The summed E-state index contributed by atoms with van der Waals surface area (Å²) in [5.41, 5.74) is -0.716. The van der Waals surface area contributed by atoms with Gasteiger partial charge in [0, 0.05) is 0 Å². The molecule has 0 amide bonds. The standard InChI is InChI=1S/C10H5ClFNO2/c11-3-9(15)10-6(4-13)1-2-8(12)7(10)5-14/h1-2,5H,3H2. The van der Waals surface area contributed by atoms with Crippen LogP contribution in [0.2, 0.25) is 0 Å². The molecule has 0 unspecified atom stereocenters. The van der Waals surface area contributed by atoms with Crippen LogP contribution in [0.5, 0.6) is 0 Å². The average molecular weight is 226 g/mol. The lowest BCUT2D eigenvalue weighted by atomic mass is 9.99. The van der Waals surface area contributed by atoms with Gasteiger partial charge in [-0.05, 0) is 12.1 Å². The third kappa shape index (κ3) is 2.03. The van der Waals surface area contributed by atoms with Crippen molar-refractivity contribution in [2.75, 3.05) is 5.88 Å². The first-order valence-electron chi connectivity index (χ1n) is 3.92. The molecule has 1 rings (SSSR count). The lowest BCUT2D eigenvalue weighted by Gasteiger charge is -2.04. The van der Waals surface area contributed by atoms with Crippen LogP contribution in [-0.4, -0.2) is 17.9 Å². The average Bonchev–Trinajstić information content (AvgIpc) is 2.27. The van der Waals surface area contributed by atoms with Gasteiger partial charge in [0.15, 0.2) is 12.1 Å². The molecule has 15 heavy (non-hydrogen) atoms. The predicted octanol–water partition coefficient (Wildman–Crippen LogP) is 1.93. The number of carbonyl (C=O) groups excluding carboxylic acids is 2. The fraction of sp³-hybridized carbons (Fsp3) is 0.100. The van der Waals surface area contributed by atoms with Gasteiger partial charge in [-0.3, -0.25) is 9.59 Å². The molecule has 5 heteroatoms. The van der Waals surface area contributed by atoms with Gasteiger partial charge < -0.3 is 0 Å². The minimum Gasteiger partial charge on any atom is -0.298 e. The molecule has 1 aromatic rings. The van der Waals surface area contributed by atoms with Crippen LogP contribution < -0.4 is 0 Å². The fourth-order valence-corrected chi connectivity index (χ4v) is 1.30. The Hall–Kier alpha value is -1.73. The minimum atomic E-state index is -0.836. The molecule has 1 aromatic carbocycles. The highest BCUT2D eigenvalue weighted by molar-refractivity contribution is 6.31. The van der Waals surface area contributed by atoms with Crippen molar-refractivity contribution in [1.29, 1.82) is 5.26 Å². The molecule has 0 fully saturated rings. The van der Waals surface area contributed by atoms with Crippen LogP contribution in [0.25, 0.3) is 0 Å². The SMILES string of the molecule is N#Cc1ccc(F)c(C=O)c1C(=O)CCl. The Balaban J connectivity index is 3.56. The Labute approximate surface area is 90.1 Å². The summed E-state index contributed by atoms with van der Waals surface area (Å²) in [4.78, 5) is 21.9. The molecule has 0 aliphatic rings. The van der Waals surface area contributed by atoms with Crippen molar-refractivity contribution in [2.45, 2.75) is 0 Å². The molecule has 76 valence electrons. The number of ketones is 1. The number of hydrogen-bond acceptors (Lipinski definition) is 3. The van der Waals surface area contributed by atoms with Gasteiger partial charge in [-0.2, -0.15) is 5.26 Å². The second-order valence-corrected chi connectivity index (χ2v) is 2.94. The van der Waals surface area contributed by atoms with E-state index < -0.39 is 23.0 Å². The largest absolute Gasteiger partial charge is 0.298 e. The summed E-state index contributed by atoms with van der Waals surface area (Å²) in [7, 11) is 0. The smallest absolute Gasteiger partial charge is 0.179 e. The zero-order chi connectivity index (χ0) is 11.4. The van der Waals surface area contributed by atoms with Crippen molar-refractivity contribution in [3.8, 4) is 6.07 Å². The Morgan fingerprint density at radius 3 is 2.73 bits per heavy atom. The normalized spacial score (nSPS) is 9.40. The van der Waals surface area contributed by atoms with E-state index in [9.17, 15) is 14.0 Å². The van der Waals surface area contributed by atoms with E-state index in [1.165, 1.54) is 0 Å². The molecule has 0 aliphatic carbocycles. The molecule has 0 radical (unpaired) electrons. The van der Waals surface area contributed by atoms with E-state index >= 15 is 0 Å². The molecule has 0 bridgehead atoms. The number of rotatable bonds is 3. The molecule has 0 spiro atoms. The van der Waals surface area contributed by atoms with Crippen molar-refractivity contribution >= 4 is 23.7 Å². The number of hydrogen-bond donors (Lipinski definition) is 0. The Bertz CT molecular complexity index is 465. The van der Waals surface area contributed by atoms with Gasteiger partial charge in [-0.1, -0.05) is 0 Å². The van der Waals surface area contributed by atoms with Gasteiger partial charge in [0.2, 0.25) is 0 Å².